The standard InChI is InChI=1S/C20H19ClN3O2/c1-2-23-17-11-9-15(14-8-10-16(21)22-12-14)24(17)20(26)18(19(23)25)13-6-4-3-5-7-13/h3-8,10,12,15,18H,2,9,11H2,1H3/q+1. The van der Waals surface area contributed by atoms with E-state index in [1.54, 1.807) is 21.7 Å². The fourth-order valence-electron chi connectivity index (χ4n) is 3.94. The molecule has 132 valence electrons. The van der Waals surface area contributed by atoms with Crippen LogP contribution < -0.4 is 0 Å². The summed E-state index contributed by atoms with van der Waals surface area (Å²) in [4.78, 5) is 32.3. The summed E-state index contributed by atoms with van der Waals surface area (Å²) in [5.74, 6) is -0.279. The van der Waals surface area contributed by atoms with E-state index >= 15 is 0 Å². The van der Waals surface area contributed by atoms with Gasteiger partial charge in [-0.05, 0) is 18.6 Å². The second-order valence-corrected chi connectivity index (χ2v) is 6.91. The van der Waals surface area contributed by atoms with Gasteiger partial charge in [-0.25, -0.2) is 14.6 Å². The number of rotatable bonds is 3. The minimum atomic E-state index is -0.791. The van der Waals surface area contributed by atoms with E-state index in [1.165, 1.54) is 0 Å². The number of fused-ring (bicyclic) bond motifs is 1. The number of hydrogen-bond donors (Lipinski definition) is 0. The highest BCUT2D eigenvalue weighted by Crippen LogP contribution is 2.38. The van der Waals surface area contributed by atoms with Crippen LogP contribution in [0.15, 0.2) is 48.7 Å². The van der Waals surface area contributed by atoms with E-state index in [2.05, 4.69) is 4.98 Å². The molecule has 2 atom stereocenters. The van der Waals surface area contributed by atoms with E-state index in [9.17, 15) is 9.59 Å². The molecule has 1 aromatic heterocycles. The average Bonchev–Trinajstić information content (AvgIpc) is 3.09. The Bertz CT molecular complexity index is 893. The zero-order valence-electron chi connectivity index (χ0n) is 14.4. The van der Waals surface area contributed by atoms with Gasteiger partial charge in [0.1, 0.15) is 11.2 Å². The molecule has 0 spiro atoms. The van der Waals surface area contributed by atoms with Crippen molar-refractivity contribution in [1.82, 2.24) is 9.88 Å². The molecule has 1 aromatic carbocycles. The molecule has 0 N–H and O–H groups in total. The van der Waals surface area contributed by atoms with Crippen molar-refractivity contribution < 1.29 is 14.2 Å². The molecule has 4 rings (SSSR count). The Morgan fingerprint density at radius 2 is 1.92 bits per heavy atom. The molecule has 6 heteroatoms. The minimum Gasteiger partial charge on any atom is -0.245 e. The van der Waals surface area contributed by atoms with Crippen LogP contribution in [0.2, 0.25) is 5.15 Å². The second kappa shape index (κ2) is 6.65. The van der Waals surface area contributed by atoms with Crippen molar-refractivity contribution >= 4 is 29.3 Å². The van der Waals surface area contributed by atoms with Crippen LogP contribution in [0, 0.1) is 0 Å². The molecule has 0 bridgehead atoms. The van der Waals surface area contributed by atoms with Gasteiger partial charge in [0.15, 0.2) is 5.92 Å². The minimum absolute atomic E-state index is 0.115. The first-order valence-electron chi connectivity index (χ1n) is 8.78. The quantitative estimate of drug-likeness (QED) is 0.475. The highest BCUT2D eigenvalue weighted by atomic mass is 35.5. The lowest BCUT2D eigenvalue weighted by atomic mass is 9.94. The normalized spacial score (nSPS) is 22.8. The number of carbonyl (C=O) groups excluding carboxylic acids is 2. The lowest BCUT2D eigenvalue weighted by Crippen LogP contribution is -2.52. The van der Waals surface area contributed by atoms with Crippen LogP contribution in [-0.4, -0.2) is 38.7 Å². The Morgan fingerprint density at radius 3 is 2.58 bits per heavy atom. The van der Waals surface area contributed by atoms with Gasteiger partial charge in [-0.1, -0.05) is 48.0 Å². The van der Waals surface area contributed by atoms with Gasteiger partial charge in [0.25, 0.3) is 5.84 Å². The fraction of sp³-hybridized carbons (Fsp3) is 0.300. The molecular formula is C20H19ClN3O2+. The predicted octanol–water partition coefficient (Wildman–Crippen LogP) is 3.15. The molecule has 0 radical (unpaired) electrons. The number of amidine groups is 1. The number of pyridine rings is 1. The smallest absolute Gasteiger partial charge is 0.245 e. The maximum atomic E-state index is 13.3. The van der Waals surface area contributed by atoms with Gasteiger partial charge < -0.3 is 0 Å². The van der Waals surface area contributed by atoms with E-state index in [1.807, 2.05) is 43.3 Å². The van der Waals surface area contributed by atoms with E-state index in [4.69, 9.17) is 11.6 Å². The van der Waals surface area contributed by atoms with Crippen molar-refractivity contribution in [3.05, 3.63) is 64.9 Å². The van der Waals surface area contributed by atoms with E-state index < -0.39 is 5.92 Å². The first-order valence-corrected chi connectivity index (χ1v) is 9.16. The molecule has 5 nitrogen and oxygen atoms in total. The Balaban J connectivity index is 1.80. The number of benzene rings is 1. The summed E-state index contributed by atoms with van der Waals surface area (Å²) in [7, 11) is 0. The molecule has 1 fully saturated rings. The van der Waals surface area contributed by atoms with Crippen LogP contribution in [0.1, 0.15) is 42.9 Å². The molecule has 26 heavy (non-hydrogen) atoms. The van der Waals surface area contributed by atoms with Gasteiger partial charge in [0.2, 0.25) is 0 Å². The predicted molar refractivity (Wildman–Crippen MR) is 98.1 cm³/mol. The number of nitrogens with zero attached hydrogens (tertiary/aromatic N) is 3. The molecule has 0 saturated carbocycles. The van der Waals surface area contributed by atoms with Crippen molar-refractivity contribution in [3.8, 4) is 0 Å². The zero-order chi connectivity index (χ0) is 18.3. The van der Waals surface area contributed by atoms with Crippen LogP contribution in [-0.2, 0) is 9.59 Å². The highest BCUT2D eigenvalue weighted by Gasteiger charge is 2.54. The number of halogens is 1. The third-order valence-corrected chi connectivity index (χ3v) is 5.35. The number of hydrogen-bond acceptors (Lipinski definition) is 3. The molecule has 2 amide bonds. The molecule has 1 saturated heterocycles. The lowest BCUT2D eigenvalue weighted by molar-refractivity contribution is -0.454. The summed E-state index contributed by atoms with van der Waals surface area (Å²) < 4.78 is 1.75. The first-order chi connectivity index (χ1) is 12.6. The van der Waals surface area contributed by atoms with Crippen LogP contribution in [0.25, 0.3) is 0 Å². The zero-order valence-corrected chi connectivity index (χ0v) is 15.2. The van der Waals surface area contributed by atoms with Gasteiger partial charge in [-0.15, -0.1) is 0 Å². The summed E-state index contributed by atoms with van der Waals surface area (Å²) in [5.41, 5.74) is 1.68. The first kappa shape index (κ1) is 16.9. The summed E-state index contributed by atoms with van der Waals surface area (Å²) in [6, 6.07) is 12.8. The number of aromatic nitrogens is 1. The molecular weight excluding hydrogens is 350 g/mol. The van der Waals surface area contributed by atoms with Crippen LogP contribution in [0.3, 0.4) is 0 Å². The number of carbonyl (C=O) groups is 2. The van der Waals surface area contributed by atoms with Crippen molar-refractivity contribution in [1.29, 1.82) is 0 Å². The van der Waals surface area contributed by atoms with Crippen molar-refractivity contribution in [3.63, 3.8) is 0 Å². The van der Waals surface area contributed by atoms with Gasteiger partial charge in [-0.3, -0.25) is 0 Å². The summed E-state index contributed by atoms with van der Waals surface area (Å²) >= 11 is 5.90. The molecule has 0 aliphatic carbocycles. The Labute approximate surface area is 156 Å². The lowest BCUT2D eigenvalue weighted by Gasteiger charge is -2.28. The van der Waals surface area contributed by atoms with Crippen molar-refractivity contribution in [2.45, 2.75) is 31.7 Å². The molecule has 2 aliphatic heterocycles. The summed E-state index contributed by atoms with van der Waals surface area (Å²) in [6.45, 7) is 2.49. The summed E-state index contributed by atoms with van der Waals surface area (Å²) in [6.07, 6.45) is 3.18. The number of likely N-dealkylation sites (N-methyl/N-ethyl adjacent to an activating group) is 1. The van der Waals surface area contributed by atoms with Crippen molar-refractivity contribution in [2.75, 3.05) is 6.54 Å². The molecule has 2 aliphatic rings. The maximum Gasteiger partial charge on any atom is 0.329 e. The SMILES string of the molecule is CC[N+]1=C2CCC(c3ccc(Cl)nc3)N2C(=O)C(c2ccccc2)C1=O. The third-order valence-electron chi connectivity index (χ3n) is 5.12. The molecule has 2 unspecified atom stereocenters. The van der Waals surface area contributed by atoms with Gasteiger partial charge >= 0.3 is 11.8 Å². The molecule has 2 aromatic rings. The van der Waals surface area contributed by atoms with Crippen LogP contribution in [0.5, 0.6) is 0 Å². The monoisotopic (exact) mass is 368 g/mol. The Hall–Kier alpha value is -2.53. The second-order valence-electron chi connectivity index (χ2n) is 6.52. The summed E-state index contributed by atoms with van der Waals surface area (Å²) in [5, 5.41) is 0.424. The van der Waals surface area contributed by atoms with Crippen LogP contribution >= 0.6 is 11.6 Å². The van der Waals surface area contributed by atoms with E-state index in [-0.39, 0.29) is 17.9 Å². The third kappa shape index (κ3) is 2.63. The van der Waals surface area contributed by atoms with Gasteiger partial charge in [-0.2, -0.15) is 9.48 Å². The number of amides is 2. The maximum absolute atomic E-state index is 13.3. The van der Waals surface area contributed by atoms with Gasteiger partial charge in [0, 0.05) is 18.2 Å². The fourth-order valence-corrected chi connectivity index (χ4v) is 4.05. The molecule has 3 heterocycles. The van der Waals surface area contributed by atoms with E-state index in [0.717, 1.165) is 23.4 Å². The van der Waals surface area contributed by atoms with E-state index in [0.29, 0.717) is 18.1 Å². The largest absolute Gasteiger partial charge is 0.329 e. The van der Waals surface area contributed by atoms with Crippen LogP contribution in [0.4, 0.5) is 0 Å². The Morgan fingerprint density at radius 1 is 1.15 bits per heavy atom. The highest BCUT2D eigenvalue weighted by molar-refractivity contribution is 6.29. The Kier molecular flexibility index (Phi) is 4.32. The van der Waals surface area contributed by atoms with Crippen molar-refractivity contribution in [2.24, 2.45) is 0 Å². The van der Waals surface area contributed by atoms with Gasteiger partial charge in [0.05, 0.1) is 13.0 Å². The average molecular weight is 369 g/mol. The topological polar surface area (TPSA) is 53.3 Å².